The van der Waals surface area contributed by atoms with Gasteiger partial charge in [-0.15, -0.1) is 0 Å². The molecule has 2 rings (SSSR count). The summed E-state index contributed by atoms with van der Waals surface area (Å²) in [6, 6.07) is 7.05. The predicted molar refractivity (Wildman–Crippen MR) is 81.9 cm³/mol. The second-order valence-corrected chi connectivity index (χ2v) is 6.41. The number of likely N-dealkylation sites (N-methyl/N-ethyl adjacent to an activating group) is 1. The van der Waals surface area contributed by atoms with E-state index in [2.05, 4.69) is 18.9 Å². The maximum absolute atomic E-state index is 13.8. The van der Waals surface area contributed by atoms with Gasteiger partial charge in [-0.25, -0.2) is 4.39 Å². The maximum atomic E-state index is 13.8. The minimum Gasteiger partial charge on any atom is -0.329 e. The first-order chi connectivity index (χ1) is 9.57. The molecule has 2 atom stereocenters. The van der Waals surface area contributed by atoms with Crippen LogP contribution in [0.3, 0.4) is 0 Å². The predicted octanol–water partition coefficient (Wildman–Crippen LogP) is 3.56. The highest BCUT2D eigenvalue weighted by atomic mass is 19.1. The zero-order valence-electron chi connectivity index (χ0n) is 12.7. The number of benzene rings is 1. The molecule has 1 saturated carbocycles. The molecule has 2 nitrogen and oxygen atoms in total. The molecular formula is C17H27FN2. The minimum atomic E-state index is -0.117. The highest BCUT2D eigenvalue weighted by Gasteiger charge is 2.35. The number of nitrogens with zero attached hydrogens (tertiary/aromatic N) is 1. The summed E-state index contributed by atoms with van der Waals surface area (Å²) in [5, 5.41) is 0. The van der Waals surface area contributed by atoms with Gasteiger partial charge in [0.25, 0.3) is 0 Å². The Kier molecular flexibility index (Phi) is 5.17. The van der Waals surface area contributed by atoms with E-state index >= 15 is 0 Å². The van der Waals surface area contributed by atoms with E-state index in [1.165, 1.54) is 25.3 Å². The number of halogens is 1. The van der Waals surface area contributed by atoms with Gasteiger partial charge in [0.05, 0.1) is 0 Å². The first-order valence-electron chi connectivity index (χ1n) is 7.72. The molecule has 2 unspecified atom stereocenters. The van der Waals surface area contributed by atoms with Crippen molar-refractivity contribution in [3.8, 4) is 0 Å². The Hall–Kier alpha value is -0.930. The van der Waals surface area contributed by atoms with Crippen molar-refractivity contribution in [1.82, 2.24) is 4.90 Å². The summed E-state index contributed by atoms with van der Waals surface area (Å²) >= 11 is 0. The van der Waals surface area contributed by atoms with Gasteiger partial charge < -0.3 is 5.73 Å². The van der Waals surface area contributed by atoms with Gasteiger partial charge in [-0.3, -0.25) is 4.90 Å². The second-order valence-electron chi connectivity index (χ2n) is 6.41. The molecule has 3 heteroatoms. The summed E-state index contributed by atoms with van der Waals surface area (Å²) in [7, 11) is 2.09. The summed E-state index contributed by atoms with van der Waals surface area (Å²) in [6.45, 7) is 3.62. The molecule has 0 amide bonds. The Balaban J connectivity index is 2.12. The molecule has 112 valence electrons. The van der Waals surface area contributed by atoms with Gasteiger partial charge in [-0.2, -0.15) is 0 Å². The number of hydrogen-bond acceptors (Lipinski definition) is 2. The molecule has 1 aliphatic carbocycles. The van der Waals surface area contributed by atoms with Crippen LogP contribution in [0.5, 0.6) is 0 Å². The lowest BCUT2D eigenvalue weighted by Crippen LogP contribution is -2.51. The maximum Gasteiger partial charge on any atom is 0.127 e. The largest absolute Gasteiger partial charge is 0.329 e. The molecule has 0 bridgehead atoms. The molecule has 0 aliphatic heterocycles. The molecule has 0 radical (unpaired) electrons. The summed E-state index contributed by atoms with van der Waals surface area (Å²) in [5.41, 5.74) is 6.91. The molecule has 1 fully saturated rings. The fourth-order valence-corrected chi connectivity index (χ4v) is 3.36. The van der Waals surface area contributed by atoms with E-state index in [0.29, 0.717) is 13.1 Å². The number of hydrogen-bond donors (Lipinski definition) is 1. The van der Waals surface area contributed by atoms with Crippen molar-refractivity contribution >= 4 is 0 Å². The quantitative estimate of drug-likeness (QED) is 0.853. The Labute approximate surface area is 122 Å². The minimum absolute atomic E-state index is 0.0348. The smallest absolute Gasteiger partial charge is 0.127 e. The Bertz CT molecular complexity index is 435. The molecule has 1 aliphatic rings. The molecule has 0 aromatic heterocycles. The molecule has 1 aromatic carbocycles. The second kappa shape index (κ2) is 6.68. The molecule has 1 aromatic rings. The van der Waals surface area contributed by atoms with E-state index in [-0.39, 0.29) is 11.4 Å². The van der Waals surface area contributed by atoms with Crippen molar-refractivity contribution in [3.05, 3.63) is 35.6 Å². The van der Waals surface area contributed by atoms with Crippen molar-refractivity contribution in [3.63, 3.8) is 0 Å². The third-order valence-corrected chi connectivity index (χ3v) is 5.00. The lowest BCUT2D eigenvalue weighted by atomic mass is 9.87. The highest BCUT2D eigenvalue weighted by Crippen LogP contribution is 2.34. The van der Waals surface area contributed by atoms with Crippen LogP contribution in [0.4, 0.5) is 4.39 Å². The van der Waals surface area contributed by atoms with Gasteiger partial charge in [0.15, 0.2) is 0 Å². The van der Waals surface area contributed by atoms with Crippen molar-refractivity contribution in [2.75, 3.05) is 13.6 Å². The number of rotatable bonds is 4. The van der Waals surface area contributed by atoms with Crippen LogP contribution in [0.2, 0.25) is 0 Å². The van der Waals surface area contributed by atoms with Gasteiger partial charge >= 0.3 is 0 Å². The Morgan fingerprint density at radius 3 is 2.75 bits per heavy atom. The molecule has 0 heterocycles. The van der Waals surface area contributed by atoms with Gasteiger partial charge in [0, 0.05) is 24.2 Å². The van der Waals surface area contributed by atoms with Crippen LogP contribution in [-0.4, -0.2) is 24.0 Å². The van der Waals surface area contributed by atoms with Crippen molar-refractivity contribution in [2.24, 2.45) is 11.7 Å². The third-order valence-electron chi connectivity index (χ3n) is 5.00. The van der Waals surface area contributed by atoms with Gasteiger partial charge in [-0.1, -0.05) is 38.0 Å². The van der Waals surface area contributed by atoms with E-state index in [9.17, 15) is 4.39 Å². The Morgan fingerprint density at radius 2 is 2.05 bits per heavy atom. The fraction of sp³-hybridized carbons (Fsp3) is 0.647. The molecule has 20 heavy (non-hydrogen) atoms. The lowest BCUT2D eigenvalue weighted by molar-refractivity contribution is 0.0975. The van der Waals surface area contributed by atoms with E-state index < -0.39 is 0 Å². The SMILES string of the molecule is CC1CCCC(CN)(N(C)Cc2ccccc2F)CC1. The molecule has 2 N–H and O–H groups in total. The first kappa shape index (κ1) is 15.5. The van der Waals surface area contributed by atoms with Gasteiger partial charge in [0.1, 0.15) is 5.82 Å². The summed E-state index contributed by atoms with van der Waals surface area (Å²) in [4.78, 5) is 2.28. The first-order valence-corrected chi connectivity index (χ1v) is 7.72. The zero-order chi connectivity index (χ0) is 14.6. The average molecular weight is 278 g/mol. The summed E-state index contributed by atoms with van der Waals surface area (Å²) in [5.74, 6) is 0.666. The van der Waals surface area contributed by atoms with E-state index in [1.54, 1.807) is 6.07 Å². The van der Waals surface area contributed by atoms with Crippen LogP contribution in [0.25, 0.3) is 0 Å². The normalized spacial score (nSPS) is 27.6. The topological polar surface area (TPSA) is 29.3 Å². The van der Waals surface area contributed by atoms with Crippen LogP contribution in [0.15, 0.2) is 24.3 Å². The number of nitrogens with two attached hydrogens (primary N) is 1. The zero-order valence-corrected chi connectivity index (χ0v) is 12.7. The third kappa shape index (κ3) is 3.39. The van der Waals surface area contributed by atoms with Crippen LogP contribution < -0.4 is 5.73 Å². The van der Waals surface area contributed by atoms with E-state index in [4.69, 9.17) is 5.73 Å². The van der Waals surface area contributed by atoms with Crippen LogP contribution in [0, 0.1) is 11.7 Å². The van der Waals surface area contributed by atoms with Crippen molar-refractivity contribution in [1.29, 1.82) is 0 Å². The molecule has 0 saturated heterocycles. The lowest BCUT2D eigenvalue weighted by Gasteiger charge is -2.41. The summed E-state index contributed by atoms with van der Waals surface area (Å²) in [6.07, 6.45) is 5.97. The van der Waals surface area contributed by atoms with Gasteiger partial charge in [0.2, 0.25) is 0 Å². The molecular weight excluding hydrogens is 251 g/mol. The standard InChI is InChI=1S/C17H27FN2/c1-14-6-5-10-17(13-19,11-9-14)20(2)12-15-7-3-4-8-16(15)18/h3-4,7-8,14H,5-6,9-13,19H2,1-2H3. The van der Waals surface area contributed by atoms with Crippen LogP contribution >= 0.6 is 0 Å². The van der Waals surface area contributed by atoms with E-state index in [0.717, 1.165) is 24.3 Å². The van der Waals surface area contributed by atoms with E-state index in [1.807, 2.05) is 12.1 Å². The Morgan fingerprint density at radius 1 is 1.30 bits per heavy atom. The van der Waals surface area contributed by atoms with Gasteiger partial charge in [-0.05, 0) is 38.3 Å². The van der Waals surface area contributed by atoms with Crippen molar-refractivity contribution in [2.45, 2.75) is 51.1 Å². The van der Waals surface area contributed by atoms with Crippen LogP contribution in [0.1, 0.15) is 44.6 Å². The summed E-state index contributed by atoms with van der Waals surface area (Å²) < 4.78 is 13.8. The fourth-order valence-electron chi connectivity index (χ4n) is 3.36. The highest BCUT2D eigenvalue weighted by molar-refractivity contribution is 5.17. The monoisotopic (exact) mass is 278 g/mol. The van der Waals surface area contributed by atoms with Crippen LogP contribution in [-0.2, 0) is 6.54 Å². The van der Waals surface area contributed by atoms with Crippen molar-refractivity contribution < 1.29 is 4.39 Å². The molecule has 0 spiro atoms. The average Bonchev–Trinajstić information content (AvgIpc) is 2.64.